The zero-order valence-corrected chi connectivity index (χ0v) is 9.87. The second-order valence-corrected chi connectivity index (χ2v) is 5.98. The molecule has 3 fully saturated rings. The molecule has 0 aromatic carbocycles. The van der Waals surface area contributed by atoms with Crippen molar-refractivity contribution in [1.82, 2.24) is 15.5 Å². The van der Waals surface area contributed by atoms with E-state index in [1.165, 1.54) is 0 Å². The van der Waals surface area contributed by atoms with Gasteiger partial charge in [-0.25, -0.2) is 4.39 Å². The minimum atomic E-state index is -0.973. The summed E-state index contributed by atoms with van der Waals surface area (Å²) in [6.45, 7) is 4.14. The summed E-state index contributed by atoms with van der Waals surface area (Å²) in [6.07, 6.45) is 2.72. The van der Waals surface area contributed by atoms with Crippen LogP contribution in [-0.2, 0) is 5.41 Å². The Morgan fingerprint density at radius 1 is 1.41 bits per heavy atom. The van der Waals surface area contributed by atoms with E-state index in [1.54, 1.807) is 0 Å². The van der Waals surface area contributed by atoms with Gasteiger partial charge in [0, 0.05) is 11.3 Å². The molecule has 1 aromatic heterocycles. The van der Waals surface area contributed by atoms with Crippen LogP contribution in [0.3, 0.4) is 0 Å². The molecular formula is C12H16FN3O. The third-order valence-corrected chi connectivity index (χ3v) is 4.75. The van der Waals surface area contributed by atoms with Gasteiger partial charge < -0.3 is 9.84 Å². The lowest BCUT2D eigenvalue weighted by Gasteiger charge is -2.30. The molecule has 1 saturated heterocycles. The summed E-state index contributed by atoms with van der Waals surface area (Å²) in [6, 6.07) is 0. The Morgan fingerprint density at radius 3 is 2.71 bits per heavy atom. The SMILES string of the molecule is CC1(c2noc(C3C4CC43F)n2)CCNCC1. The van der Waals surface area contributed by atoms with Crippen LogP contribution in [0.5, 0.6) is 0 Å². The average Bonchev–Trinajstić information content (AvgIpc) is 3.02. The lowest BCUT2D eigenvalue weighted by molar-refractivity contribution is 0.289. The minimum absolute atomic E-state index is 0.00441. The molecule has 0 spiro atoms. The fourth-order valence-corrected chi connectivity index (χ4v) is 3.03. The smallest absolute Gasteiger partial charge is 0.233 e. The zero-order valence-electron chi connectivity index (χ0n) is 9.87. The van der Waals surface area contributed by atoms with Crippen molar-refractivity contribution < 1.29 is 8.91 Å². The number of aromatic nitrogens is 2. The number of hydrogen-bond donors (Lipinski definition) is 1. The van der Waals surface area contributed by atoms with Crippen LogP contribution in [0.2, 0.25) is 0 Å². The number of nitrogens with zero attached hydrogens (tertiary/aromatic N) is 2. The molecule has 1 aliphatic heterocycles. The molecule has 1 aromatic rings. The third kappa shape index (κ3) is 1.26. The molecule has 3 atom stereocenters. The number of piperidine rings is 1. The fraction of sp³-hybridized carbons (Fsp3) is 0.833. The summed E-state index contributed by atoms with van der Waals surface area (Å²) in [5.74, 6) is 1.38. The molecule has 2 heterocycles. The van der Waals surface area contributed by atoms with Crippen molar-refractivity contribution in [3.63, 3.8) is 0 Å². The van der Waals surface area contributed by atoms with Gasteiger partial charge in [0.2, 0.25) is 5.89 Å². The Bertz CT molecular complexity index is 468. The predicted molar refractivity (Wildman–Crippen MR) is 58.4 cm³/mol. The molecule has 0 radical (unpaired) electrons. The van der Waals surface area contributed by atoms with Crippen LogP contribution in [0.1, 0.15) is 43.8 Å². The number of nitrogens with one attached hydrogen (secondary N) is 1. The van der Waals surface area contributed by atoms with Crippen molar-refractivity contribution in [1.29, 1.82) is 0 Å². The molecule has 4 nitrogen and oxygen atoms in total. The summed E-state index contributed by atoms with van der Waals surface area (Å²) < 4.78 is 18.9. The summed E-state index contributed by atoms with van der Waals surface area (Å²) in [7, 11) is 0. The first-order valence-corrected chi connectivity index (χ1v) is 6.37. The molecular weight excluding hydrogens is 221 g/mol. The number of rotatable bonds is 2. The van der Waals surface area contributed by atoms with Gasteiger partial charge in [0.1, 0.15) is 5.67 Å². The Morgan fingerprint density at radius 2 is 2.12 bits per heavy atom. The maximum Gasteiger partial charge on any atom is 0.233 e. The van der Waals surface area contributed by atoms with Gasteiger partial charge in [-0.15, -0.1) is 0 Å². The summed E-state index contributed by atoms with van der Waals surface area (Å²) in [4.78, 5) is 4.45. The summed E-state index contributed by atoms with van der Waals surface area (Å²) >= 11 is 0. The van der Waals surface area contributed by atoms with Gasteiger partial charge >= 0.3 is 0 Å². The first kappa shape index (κ1) is 10.00. The van der Waals surface area contributed by atoms with Gasteiger partial charge in [-0.3, -0.25) is 0 Å². The molecule has 2 saturated carbocycles. The van der Waals surface area contributed by atoms with Crippen LogP contribution in [-0.4, -0.2) is 28.9 Å². The molecule has 92 valence electrons. The van der Waals surface area contributed by atoms with E-state index in [0.717, 1.165) is 31.8 Å². The fourth-order valence-electron chi connectivity index (χ4n) is 3.03. The van der Waals surface area contributed by atoms with Gasteiger partial charge in [0.25, 0.3) is 0 Å². The van der Waals surface area contributed by atoms with E-state index >= 15 is 0 Å². The molecule has 4 rings (SSSR count). The van der Waals surface area contributed by atoms with Crippen molar-refractivity contribution in [2.24, 2.45) is 5.92 Å². The van der Waals surface area contributed by atoms with Gasteiger partial charge in [0.15, 0.2) is 5.82 Å². The van der Waals surface area contributed by atoms with E-state index in [0.29, 0.717) is 12.3 Å². The Hall–Kier alpha value is -0.970. The Balaban J connectivity index is 1.58. The molecule has 0 amide bonds. The second-order valence-electron chi connectivity index (χ2n) is 5.98. The van der Waals surface area contributed by atoms with E-state index in [1.807, 2.05) is 0 Å². The van der Waals surface area contributed by atoms with Crippen LogP contribution in [0, 0.1) is 5.92 Å². The van der Waals surface area contributed by atoms with Crippen molar-refractivity contribution in [2.45, 2.75) is 43.2 Å². The quantitative estimate of drug-likeness (QED) is 0.847. The molecule has 1 N–H and O–H groups in total. The average molecular weight is 237 g/mol. The second kappa shape index (κ2) is 2.88. The molecule has 3 unspecified atom stereocenters. The predicted octanol–water partition coefficient (Wildman–Crippen LogP) is 1.54. The third-order valence-electron chi connectivity index (χ3n) is 4.75. The first-order valence-electron chi connectivity index (χ1n) is 6.37. The normalized spacial score (nSPS) is 42.0. The van der Waals surface area contributed by atoms with Gasteiger partial charge in [-0.05, 0) is 32.4 Å². The highest BCUT2D eigenvalue weighted by atomic mass is 19.1. The number of hydrogen-bond acceptors (Lipinski definition) is 4. The maximum atomic E-state index is 13.6. The van der Waals surface area contributed by atoms with Crippen LogP contribution < -0.4 is 5.32 Å². The Labute approximate surface area is 99.0 Å². The van der Waals surface area contributed by atoms with Crippen LogP contribution in [0.15, 0.2) is 4.52 Å². The minimum Gasteiger partial charge on any atom is -0.339 e. The largest absolute Gasteiger partial charge is 0.339 e. The molecule has 2 aliphatic carbocycles. The molecule has 3 aliphatic rings. The van der Waals surface area contributed by atoms with E-state index < -0.39 is 5.67 Å². The Kier molecular flexibility index (Phi) is 1.70. The monoisotopic (exact) mass is 237 g/mol. The van der Waals surface area contributed by atoms with Crippen molar-refractivity contribution in [2.75, 3.05) is 13.1 Å². The number of alkyl halides is 1. The highest BCUT2D eigenvalue weighted by molar-refractivity contribution is 5.38. The first-order chi connectivity index (χ1) is 8.13. The lowest BCUT2D eigenvalue weighted by atomic mass is 9.80. The maximum absolute atomic E-state index is 13.6. The van der Waals surface area contributed by atoms with Crippen molar-refractivity contribution in [3.05, 3.63) is 11.7 Å². The molecule has 0 bridgehead atoms. The van der Waals surface area contributed by atoms with Crippen LogP contribution in [0.25, 0.3) is 0 Å². The zero-order chi connectivity index (χ0) is 11.7. The lowest BCUT2D eigenvalue weighted by Crippen LogP contribution is -2.38. The van der Waals surface area contributed by atoms with E-state index in [9.17, 15) is 4.39 Å². The number of fused-ring (bicyclic) bond motifs is 1. The summed E-state index contributed by atoms with van der Waals surface area (Å²) in [5, 5.41) is 7.40. The van der Waals surface area contributed by atoms with Crippen molar-refractivity contribution in [3.8, 4) is 0 Å². The summed E-state index contributed by atoms with van der Waals surface area (Å²) in [5.41, 5.74) is -0.978. The topological polar surface area (TPSA) is 51.0 Å². The van der Waals surface area contributed by atoms with E-state index in [2.05, 4.69) is 22.4 Å². The van der Waals surface area contributed by atoms with Gasteiger partial charge in [-0.2, -0.15) is 4.98 Å². The van der Waals surface area contributed by atoms with Crippen molar-refractivity contribution >= 4 is 0 Å². The number of halogens is 1. The molecule has 17 heavy (non-hydrogen) atoms. The van der Waals surface area contributed by atoms with E-state index in [4.69, 9.17) is 4.52 Å². The highest BCUT2D eigenvalue weighted by Gasteiger charge is 2.83. The van der Waals surface area contributed by atoms with Gasteiger partial charge in [-0.1, -0.05) is 12.1 Å². The molecule has 5 heteroatoms. The van der Waals surface area contributed by atoms with Gasteiger partial charge in [0.05, 0.1) is 5.92 Å². The van der Waals surface area contributed by atoms with Crippen LogP contribution in [0.4, 0.5) is 4.39 Å². The van der Waals surface area contributed by atoms with E-state index in [-0.39, 0.29) is 17.3 Å². The standard InChI is InChI=1S/C12H16FN3O/c1-11(2-4-14-5-3-11)10-15-9(17-16-10)8-7-6-12(7,8)13/h7-8,14H,2-6H2,1H3. The van der Waals surface area contributed by atoms with Crippen LogP contribution >= 0.6 is 0 Å². The highest BCUT2D eigenvalue weighted by Crippen LogP contribution is 2.79.